The monoisotopic (exact) mass is 166 g/mol. The van der Waals surface area contributed by atoms with Crippen LogP contribution in [0.2, 0.25) is 0 Å². The number of aryl methyl sites for hydroxylation is 1. The molecule has 1 rings (SSSR count). The first-order valence-corrected chi connectivity index (χ1v) is 3.99. The van der Waals surface area contributed by atoms with E-state index in [2.05, 4.69) is 0 Å². The van der Waals surface area contributed by atoms with Gasteiger partial charge in [0, 0.05) is 0 Å². The Morgan fingerprint density at radius 1 is 1.33 bits per heavy atom. The van der Waals surface area contributed by atoms with E-state index in [9.17, 15) is 4.79 Å². The van der Waals surface area contributed by atoms with Gasteiger partial charge in [-0.25, -0.2) is 0 Å². The molecule has 0 radical (unpaired) electrons. The third kappa shape index (κ3) is 2.74. The fraction of sp³-hybridized carbons (Fsp3) is 0.300. The molecule has 0 saturated carbocycles. The molecular weight excluding hydrogens is 152 g/mol. The summed E-state index contributed by atoms with van der Waals surface area (Å²) in [6, 6.07) is 4.94. The molecule has 1 aromatic rings. The van der Waals surface area contributed by atoms with Gasteiger partial charge in [-0.1, -0.05) is 19.9 Å². The van der Waals surface area contributed by atoms with E-state index >= 15 is 0 Å². The van der Waals surface area contributed by atoms with Gasteiger partial charge in [0.05, 0.1) is 5.56 Å². The van der Waals surface area contributed by atoms with E-state index in [-0.39, 0.29) is 5.75 Å². The average Bonchev–Trinajstić information content (AvgIpc) is 2.08. The molecule has 0 amide bonds. The lowest BCUT2D eigenvalue weighted by molar-refractivity contribution is 0.112. The van der Waals surface area contributed by atoms with Crippen LogP contribution in [0.25, 0.3) is 0 Å². The fourth-order valence-electron chi connectivity index (χ4n) is 0.753. The lowest BCUT2D eigenvalue weighted by atomic mass is 10.1. The average molecular weight is 166 g/mol. The summed E-state index contributed by atoms with van der Waals surface area (Å²) in [5.74, 6) is 0.0509. The van der Waals surface area contributed by atoms with E-state index in [1.165, 1.54) is 0 Å². The van der Waals surface area contributed by atoms with Gasteiger partial charge in [0.1, 0.15) is 5.75 Å². The molecule has 0 bridgehead atoms. The maximum Gasteiger partial charge on any atom is 0.153 e. The van der Waals surface area contributed by atoms with Gasteiger partial charge >= 0.3 is 0 Å². The molecule has 0 heterocycles. The second-order valence-corrected chi connectivity index (χ2v) is 2.18. The highest BCUT2D eigenvalue weighted by Crippen LogP contribution is 2.15. The number of benzene rings is 1. The van der Waals surface area contributed by atoms with Crippen molar-refractivity contribution in [2.24, 2.45) is 0 Å². The first-order chi connectivity index (χ1) is 5.74. The van der Waals surface area contributed by atoms with Gasteiger partial charge in [-0.05, 0) is 24.6 Å². The third-order valence-corrected chi connectivity index (χ3v) is 1.31. The van der Waals surface area contributed by atoms with Gasteiger partial charge < -0.3 is 5.11 Å². The smallest absolute Gasteiger partial charge is 0.153 e. The summed E-state index contributed by atoms with van der Waals surface area (Å²) in [7, 11) is 0. The molecule has 66 valence electrons. The molecule has 12 heavy (non-hydrogen) atoms. The Labute approximate surface area is 72.9 Å². The van der Waals surface area contributed by atoms with Gasteiger partial charge in [-0.2, -0.15) is 0 Å². The SMILES string of the molecule is CC.Cc1ccc(C=O)c(O)c1. The minimum absolute atomic E-state index is 0.0509. The highest BCUT2D eigenvalue weighted by Gasteiger charge is 1.96. The summed E-state index contributed by atoms with van der Waals surface area (Å²) >= 11 is 0. The number of rotatable bonds is 1. The number of phenols is 1. The van der Waals surface area contributed by atoms with Crippen molar-refractivity contribution in [2.45, 2.75) is 20.8 Å². The van der Waals surface area contributed by atoms with Crippen molar-refractivity contribution in [3.63, 3.8) is 0 Å². The Morgan fingerprint density at radius 2 is 1.92 bits per heavy atom. The Bertz CT molecular complexity index is 254. The zero-order chi connectivity index (χ0) is 9.56. The number of carbonyl (C=O) groups is 1. The van der Waals surface area contributed by atoms with Gasteiger partial charge in [0.25, 0.3) is 0 Å². The highest BCUT2D eigenvalue weighted by molar-refractivity contribution is 5.79. The lowest BCUT2D eigenvalue weighted by Crippen LogP contribution is -1.80. The molecule has 0 saturated heterocycles. The molecule has 0 fully saturated rings. The molecule has 0 aliphatic carbocycles. The molecule has 0 spiro atoms. The van der Waals surface area contributed by atoms with Crippen LogP contribution in [-0.4, -0.2) is 11.4 Å². The van der Waals surface area contributed by atoms with E-state index < -0.39 is 0 Å². The molecule has 0 unspecified atom stereocenters. The van der Waals surface area contributed by atoms with Crippen LogP contribution in [0.15, 0.2) is 18.2 Å². The molecule has 0 aromatic heterocycles. The number of hydrogen-bond acceptors (Lipinski definition) is 2. The standard InChI is InChI=1S/C8H8O2.C2H6/c1-6-2-3-7(5-9)8(10)4-6;1-2/h2-5,10H,1H3;1-2H3. The van der Waals surface area contributed by atoms with E-state index in [1.54, 1.807) is 18.2 Å². The van der Waals surface area contributed by atoms with Gasteiger partial charge in [0.15, 0.2) is 6.29 Å². The van der Waals surface area contributed by atoms with Gasteiger partial charge in [-0.3, -0.25) is 4.79 Å². The minimum atomic E-state index is 0.0509. The van der Waals surface area contributed by atoms with Crippen LogP contribution in [0.5, 0.6) is 5.75 Å². The Morgan fingerprint density at radius 3 is 2.33 bits per heavy atom. The predicted octanol–water partition coefficient (Wildman–Crippen LogP) is 2.54. The van der Waals surface area contributed by atoms with Crippen LogP contribution in [0.1, 0.15) is 29.8 Å². The Hall–Kier alpha value is -1.31. The van der Waals surface area contributed by atoms with Crippen molar-refractivity contribution in [3.05, 3.63) is 29.3 Å². The van der Waals surface area contributed by atoms with Crippen LogP contribution in [0.4, 0.5) is 0 Å². The topological polar surface area (TPSA) is 37.3 Å². The van der Waals surface area contributed by atoms with Crippen LogP contribution < -0.4 is 0 Å². The molecule has 0 aliphatic heterocycles. The molecule has 1 N–H and O–H groups in total. The maximum absolute atomic E-state index is 10.2. The van der Waals surface area contributed by atoms with Crippen LogP contribution >= 0.6 is 0 Å². The van der Waals surface area contributed by atoms with E-state index in [0.29, 0.717) is 11.8 Å². The summed E-state index contributed by atoms with van der Waals surface area (Å²) in [6.45, 7) is 5.86. The zero-order valence-electron chi connectivity index (χ0n) is 7.66. The Kier molecular flexibility index (Phi) is 4.77. The van der Waals surface area contributed by atoms with Crippen molar-refractivity contribution < 1.29 is 9.90 Å². The number of hydrogen-bond donors (Lipinski definition) is 1. The quantitative estimate of drug-likeness (QED) is 0.651. The number of phenolic OH excluding ortho intramolecular Hbond substituents is 1. The molecule has 2 heteroatoms. The largest absolute Gasteiger partial charge is 0.507 e. The maximum atomic E-state index is 10.2. The minimum Gasteiger partial charge on any atom is -0.507 e. The first-order valence-electron chi connectivity index (χ1n) is 3.99. The van der Waals surface area contributed by atoms with E-state index in [1.807, 2.05) is 20.8 Å². The van der Waals surface area contributed by atoms with Crippen molar-refractivity contribution in [1.82, 2.24) is 0 Å². The summed E-state index contributed by atoms with van der Waals surface area (Å²) in [5, 5.41) is 9.06. The predicted molar refractivity (Wildman–Crippen MR) is 49.6 cm³/mol. The Balaban J connectivity index is 0.000000561. The van der Waals surface area contributed by atoms with Gasteiger partial charge in [0.2, 0.25) is 0 Å². The van der Waals surface area contributed by atoms with Gasteiger partial charge in [-0.15, -0.1) is 0 Å². The number of carbonyl (C=O) groups excluding carboxylic acids is 1. The number of aromatic hydroxyl groups is 1. The molecule has 1 aromatic carbocycles. The second kappa shape index (κ2) is 5.35. The zero-order valence-corrected chi connectivity index (χ0v) is 7.66. The fourth-order valence-corrected chi connectivity index (χ4v) is 0.753. The summed E-state index contributed by atoms with van der Waals surface area (Å²) < 4.78 is 0. The third-order valence-electron chi connectivity index (χ3n) is 1.31. The molecule has 0 aliphatic rings. The summed E-state index contributed by atoms with van der Waals surface area (Å²) in [4.78, 5) is 10.2. The normalized spacial score (nSPS) is 8.25. The van der Waals surface area contributed by atoms with Crippen molar-refractivity contribution in [3.8, 4) is 5.75 Å². The van der Waals surface area contributed by atoms with E-state index in [0.717, 1.165) is 5.56 Å². The highest BCUT2D eigenvalue weighted by atomic mass is 16.3. The second-order valence-electron chi connectivity index (χ2n) is 2.18. The number of aldehydes is 1. The van der Waals surface area contributed by atoms with Crippen molar-refractivity contribution in [1.29, 1.82) is 0 Å². The van der Waals surface area contributed by atoms with Crippen LogP contribution in [-0.2, 0) is 0 Å². The molecule has 0 atom stereocenters. The lowest BCUT2D eigenvalue weighted by Gasteiger charge is -1.96. The van der Waals surface area contributed by atoms with Crippen molar-refractivity contribution in [2.75, 3.05) is 0 Å². The van der Waals surface area contributed by atoms with Crippen molar-refractivity contribution >= 4 is 6.29 Å². The van der Waals surface area contributed by atoms with Crippen LogP contribution in [0, 0.1) is 6.92 Å². The van der Waals surface area contributed by atoms with E-state index in [4.69, 9.17) is 5.11 Å². The first kappa shape index (κ1) is 10.7. The van der Waals surface area contributed by atoms with Crippen LogP contribution in [0.3, 0.4) is 0 Å². The molecule has 2 nitrogen and oxygen atoms in total. The summed E-state index contributed by atoms with van der Waals surface area (Å²) in [6.07, 6.45) is 0.634. The summed E-state index contributed by atoms with van der Waals surface area (Å²) in [5.41, 5.74) is 1.29. The molecular formula is C10H14O2.